The van der Waals surface area contributed by atoms with Crippen molar-refractivity contribution in [1.29, 1.82) is 0 Å². The summed E-state index contributed by atoms with van der Waals surface area (Å²) in [6.45, 7) is 5.77. The molecule has 0 aliphatic heterocycles. The zero-order valence-corrected chi connectivity index (χ0v) is 9.86. The largest absolute Gasteiger partial charge is 0.480 e. The Labute approximate surface area is 95.8 Å². The van der Waals surface area contributed by atoms with Gasteiger partial charge in [0.2, 0.25) is 0 Å². The van der Waals surface area contributed by atoms with Crippen LogP contribution in [0.5, 0.6) is 5.75 Å². The Bertz CT molecular complexity index is 364. The first-order valence-electron chi connectivity index (χ1n) is 5.29. The minimum absolute atomic E-state index is 0.0585. The van der Waals surface area contributed by atoms with Gasteiger partial charge < -0.3 is 4.74 Å². The molecule has 0 saturated carbocycles. The van der Waals surface area contributed by atoms with Crippen molar-refractivity contribution in [3.63, 3.8) is 0 Å². The minimum Gasteiger partial charge on any atom is -0.480 e. The van der Waals surface area contributed by atoms with Crippen molar-refractivity contribution in [2.24, 2.45) is 11.8 Å². The molecule has 0 aliphatic rings. The molecule has 0 saturated heterocycles. The molecule has 3 N–H and O–H groups in total. The number of ether oxygens (including phenoxy) is 1. The van der Waals surface area contributed by atoms with Gasteiger partial charge in [-0.2, -0.15) is 0 Å². The highest BCUT2D eigenvalue weighted by molar-refractivity contribution is 5.80. The Balaban J connectivity index is 2.84. The molecule has 4 nitrogen and oxygen atoms in total. The fourth-order valence-electron chi connectivity index (χ4n) is 1.40. The quantitative estimate of drug-likeness (QED) is 0.459. The van der Waals surface area contributed by atoms with Gasteiger partial charge in [0.05, 0.1) is 0 Å². The number of carbonyl (C=O) groups excluding carboxylic acids is 1. The van der Waals surface area contributed by atoms with Crippen molar-refractivity contribution in [3.05, 3.63) is 29.8 Å². The van der Waals surface area contributed by atoms with Crippen LogP contribution in [0, 0.1) is 12.8 Å². The van der Waals surface area contributed by atoms with Crippen LogP contribution in [-0.2, 0) is 4.79 Å². The van der Waals surface area contributed by atoms with Gasteiger partial charge in [0.15, 0.2) is 6.10 Å². The number of rotatable bonds is 4. The molecule has 0 aromatic heterocycles. The van der Waals surface area contributed by atoms with E-state index in [0.717, 1.165) is 5.56 Å². The number of nitrogens with one attached hydrogen (secondary N) is 1. The van der Waals surface area contributed by atoms with E-state index >= 15 is 0 Å². The van der Waals surface area contributed by atoms with E-state index in [-0.39, 0.29) is 11.8 Å². The summed E-state index contributed by atoms with van der Waals surface area (Å²) in [5.41, 5.74) is 3.12. The van der Waals surface area contributed by atoms with Gasteiger partial charge in [0.1, 0.15) is 5.75 Å². The number of hydrogen-bond acceptors (Lipinski definition) is 3. The second-order valence-corrected chi connectivity index (χ2v) is 4.06. The third-order valence-corrected chi connectivity index (χ3v) is 2.35. The zero-order chi connectivity index (χ0) is 12.1. The minimum atomic E-state index is -0.564. The van der Waals surface area contributed by atoms with E-state index in [0.29, 0.717) is 5.75 Å². The molecule has 0 spiro atoms. The Morgan fingerprint density at radius 1 is 1.38 bits per heavy atom. The summed E-state index contributed by atoms with van der Waals surface area (Å²) in [5, 5.41) is 0. The maximum atomic E-state index is 11.5. The third kappa shape index (κ3) is 2.97. The second-order valence-electron chi connectivity index (χ2n) is 4.06. The van der Waals surface area contributed by atoms with E-state index < -0.39 is 6.10 Å². The van der Waals surface area contributed by atoms with Crippen LogP contribution in [0.3, 0.4) is 0 Å². The van der Waals surface area contributed by atoms with E-state index in [1.807, 2.05) is 45.0 Å². The van der Waals surface area contributed by atoms with Gasteiger partial charge in [0.25, 0.3) is 5.91 Å². The van der Waals surface area contributed by atoms with Crippen molar-refractivity contribution < 1.29 is 9.53 Å². The van der Waals surface area contributed by atoms with Crippen LogP contribution >= 0.6 is 0 Å². The smallest absolute Gasteiger partial charge is 0.275 e. The molecule has 1 atom stereocenters. The van der Waals surface area contributed by atoms with E-state index in [1.165, 1.54) is 0 Å². The topological polar surface area (TPSA) is 64.3 Å². The van der Waals surface area contributed by atoms with E-state index in [4.69, 9.17) is 10.6 Å². The first-order valence-corrected chi connectivity index (χ1v) is 5.29. The molecule has 1 amide bonds. The summed E-state index contributed by atoms with van der Waals surface area (Å²) in [5.74, 6) is 5.59. The molecule has 16 heavy (non-hydrogen) atoms. The van der Waals surface area contributed by atoms with Crippen molar-refractivity contribution >= 4 is 5.91 Å². The summed E-state index contributed by atoms with van der Waals surface area (Å²) >= 11 is 0. The fraction of sp³-hybridized carbons (Fsp3) is 0.417. The zero-order valence-electron chi connectivity index (χ0n) is 9.86. The lowest BCUT2D eigenvalue weighted by molar-refractivity contribution is -0.129. The summed E-state index contributed by atoms with van der Waals surface area (Å²) in [4.78, 5) is 11.5. The molecule has 88 valence electrons. The van der Waals surface area contributed by atoms with Crippen LogP contribution in [-0.4, -0.2) is 12.0 Å². The Morgan fingerprint density at radius 2 is 2.00 bits per heavy atom. The standard InChI is InChI=1S/C12H18N2O2/c1-8(2)11(12(15)14-13)16-10-7-5-4-6-9(10)3/h4-8,11H,13H2,1-3H3,(H,14,15). The molecule has 0 fully saturated rings. The van der Waals surface area contributed by atoms with Gasteiger partial charge >= 0.3 is 0 Å². The molecule has 1 aromatic carbocycles. The first-order chi connectivity index (χ1) is 7.56. The lowest BCUT2D eigenvalue weighted by Crippen LogP contribution is -2.44. The van der Waals surface area contributed by atoms with Crippen molar-refractivity contribution in [3.8, 4) is 5.75 Å². The predicted molar refractivity (Wildman–Crippen MR) is 62.8 cm³/mol. The normalized spacial score (nSPS) is 12.3. The Morgan fingerprint density at radius 3 is 2.50 bits per heavy atom. The fourth-order valence-corrected chi connectivity index (χ4v) is 1.40. The second kappa shape index (κ2) is 5.51. The number of hydrogen-bond donors (Lipinski definition) is 2. The van der Waals surface area contributed by atoms with Gasteiger partial charge in [0, 0.05) is 0 Å². The van der Waals surface area contributed by atoms with Crippen LogP contribution in [0.15, 0.2) is 24.3 Å². The Hall–Kier alpha value is -1.55. The lowest BCUT2D eigenvalue weighted by Gasteiger charge is -2.21. The molecule has 1 unspecified atom stereocenters. The number of nitrogens with two attached hydrogens (primary N) is 1. The summed E-state index contributed by atoms with van der Waals surface area (Å²) in [6, 6.07) is 7.58. The maximum Gasteiger partial charge on any atom is 0.275 e. The molecule has 4 heteroatoms. The van der Waals surface area contributed by atoms with Crippen LogP contribution in [0.2, 0.25) is 0 Å². The Kier molecular flexibility index (Phi) is 4.31. The van der Waals surface area contributed by atoms with Gasteiger partial charge in [-0.25, -0.2) is 5.84 Å². The van der Waals surface area contributed by atoms with E-state index in [2.05, 4.69) is 5.43 Å². The van der Waals surface area contributed by atoms with E-state index in [1.54, 1.807) is 0 Å². The van der Waals surface area contributed by atoms with Crippen molar-refractivity contribution in [1.82, 2.24) is 5.43 Å². The molecular formula is C12H18N2O2. The molecule has 1 rings (SSSR count). The highest BCUT2D eigenvalue weighted by Crippen LogP contribution is 2.20. The van der Waals surface area contributed by atoms with Gasteiger partial charge in [-0.1, -0.05) is 32.0 Å². The average Bonchev–Trinajstić information content (AvgIpc) is 2.26. The maximum absolute atomic E-state index is 11.5. The van der Waals surface area contributed by atoms with Gasteiger partial charge in [-0.3, -0.25) is 10.2 Å². The highest BCUT2D eigenvalue weighted by Gasteiger charge is 2.23. The predicted octanol–water partition coefficient (Wildman–Crippen LogP) is 1.39. The molecule has 0 radical (unpaired) electrons. The summed E-state index contributed by atoms with van der Waals surface area (Å²) in [6.07, 6.45) is -0.564. The lowest BCUT2D eigenvalue weighted by atomic mass is 10.1. The van der Waals surface area contributed by atoms with Gasteiger partial charge in [-0.05, 0) is 24.5 Å². The number of para-hydroxylation sites is 1. The summed E-state index contributed by atoms with van der Waals surface area (Å²) in [7, 11) is 0. The molecule has 0 aliphatic carbocycles. The number of aryl methyl sites for hydroxylation is 1. The molecular weight excluding hydrogens is 204 g/mol. The van der Waals surface area contributed by atoms with E-state index in [9.17, 15) is 4.79 Å². The van der Waals surface area contributed by atoms with Crippen LogP contribution in [0.25, 0.3) is 0 Å². The van der Waals surface area contributed by atoms with Crippen LogP contribution in [0.4, 0.5) is 0 Å². The van der Waals surface area contributed by atoms with Gasteiger partial charge in [-0.15, -0.1) is 0 Å². The van der Waals surface area contributed by atoms with Crippen molar-refractivity contribution in [2.45, 2.75) is 26.9 Å². The SMILES string of the molecule is Cc1ccccc1OC(C(=O)NN)C(C)C. The third-order valence-electron chi connectivity index (χ3n) is 2.35. The van der Waals surface area contributed by atoms with Crippen molar-refractivity contribution in [2.75, 3.05) is 0 Å². The van der Waals surface area contributed by atoms with Crippen LogP contribution in [0.1, 0.15) is 19.4 Å². The highest BCUT2D eigenvalue weighted by atomic mass is 16.5. The summed E-state index contributed by atoms with van der Waals surface area (Å²) < 4.78 is 5.67. The number of hydrazine groups is 1. The monoisotopic (exact) mass is 222 g/mol. The molecule has 0 bridgehead atoms. The number of amides is 1. The first kappa shape index (κ1) is 12.5. The molecule has 0 heterocycles. The average molecular weight is 222 g/mol. The van der Waals surface area contributed by atoms with Crippen LogP contribution < -0.4 is 16.0 Å². The molecule has 1 aromatic rings. The number of benzene rings is 1. The number of carbonyl (C=O) groups is 1.